The van der Waals surface area contributed by atoms with E-state index in [1.54, 1.807) is 6.92 Å². The third-order valence-electron chi connectivity index (χ3n) is 3.95. The summed E-state index contributed by atoms with van der Waals surface area (Å²) in [5.41, 5.74) is -1.09. The SMILES string of the molecule is CC(NC(=O)CCC1CCCO1)(C(=O)O)C1CC1. The predicted molar refractivity (Wildman–Crippen MR) is 65.1 cm³/mol. The Morgan fingerprint density at radius 1 is 1.39 bits per heavy atom. The van der Waals surface area contributed by atoms with E-state index in [-0.39, 0.29) is 17.9 Å². The molecule has 0 aromatic heterocycles. The molecule has 1 aliphatic carbocycles. The van der Waals surface area contributed by atoms with E-state index in [0.717, 1.165) is 32.3 Å². The van der Waals surface area contributed by atoms with Crippen LogP contribution in [-0.2, 0) is 14.3 Å². The van der Waals surface area contributed by atoms with Crippen molar-refractivity contribution in [1.29, 1.82) is 0 Å². The lowest BCUT2D eigenvalue weighted by Crippen LogP contribution is -2.54. The van der Waals surface area contributed by atoms with Gasteiger partial charge in [-0.25, -0.2) is 4.79 Å². The van der Waals surface area contributed by atoms with Crippen LogP contribution in [0.4, 0.5) is 0 Å². The zero-order chi connectivity index (χ0) is 13.2. The minimum absolute atomic E-state index is 0.0849. The number of carbonyl (C=O) groups is 2. The third kappa shape index (κ3) is 3.02. The summed E-state index contributed by atoms with van der Waals surface area (Å²) >= 11 is 0. The average molecular weight is 255 g/mol. The normalized spacial score (nSPS) is 26.6. The third-order valence-corrected chi connectivity index (χ3v) is 3.95. The summed E-state index contributed by atoms with van der Waals surface area (Å²) < 4.78 is 5.44. The van der Waals surface area contributed by atoms with Crippen LogP contribution in [0.3, 0.4) is 0 Å². The second-order valence-electron chi connectivity index (χ2n) is 5.50. The first-order valence-electron chi connectivity index (χ1n) is 6.68. The molecule has 5 heteroatoms. The van der Waals surface area contributed by atoms with Crippen molar-refractivity contribution in [2.75, 3.05) is 6.61 Å². The molecule has 1 saturated heterocycles. The summed E-state index contributed by atoms with van der Waals surface area (Å²) in [5.74, 6) is -1.03. The van der Waals surface area contributed by atoms with Gasteiger partial charge < -0.3 is 15.2 Å². The standard InChI is InChI=1S/C13H21NO4/c1-13(12(16)17,9-4-5-9)14-11(15)7-6-10-3-2-8-18-10/h9-10H,2-8H2,1H3,(H,14,15)(H,16,17). The molecule has 2 aliphatic rings. The molecule has 2 atom stereocenters. The maximum atomic E-state index is 11.8. The van der Waals surface area contributed by atoms with Crippen molar-refractivity contribution in [2.45, 2.75) is 57.1 Å². The minimum atomic E-state index is -1.09. The van der Waals surface area contributed by atoms with E-state index in [2.05, 4.69) is 5.32 Å². The van der Waals surface area contributed by atoms with Gasteiger partial charge in [-0.2, -0.15) is 0 Å². The predicted octanol–water partition coefficient (Wildman–Crippen LogP) is 1.32. The maximum Gasteiger partial charge on any atom is 0.329 e. The van der Waals surface area contributed by atoms with E-state index in [1.165, 1.54) is 0 Å². The van der Waals surface area contributed by atoms with Crippen molar-refractivity contribution in [3.63, 3.8) is 0 Å². The molecule has 5 nitrogen and oxygen atoms in total. The van der Waals surface area contributed by atoms with Gasteiger partial charge in [-0.3, -0.25) is 4.79 Å². The van der Waals surface area contributed by atoms with Crippen LogP contribution in [0.5, 0.6) is 0 Å². The molecule has 0 spiro atoms. The average Bonchev–Trinajstić information content (AvgIpc) is 3.04. The Bertz CT molecular complexity index is 334. The fourth-order valence-corrected chi connectivity index (χ4v) is 2.51. The van der Waals surface area contributed by atoms with Gasteiger partial charge in [0.05, 0.1) is 6.10 Å². The summed E-state index contributed by atoms with van der Waals surface area (Å²) in [6, 6.07) is 0. The molecule has 1 aliphatic heterocycles. The van der Waals surface area contributed by atoms with Gasteiger partial charge in [0.25, 0.3) is 0 Å². The number of hydrogen-bond donors (Lipinski definition) is 2. The van der Waals surface area contributed by atoms with E-state index < -0.39 is 11.5 Å². The van der Waals surface area contributed by atoms with Gasteiger partial charge in [-0.05, 0) is 44.9 Å². The largest absolute Gasteiger partial charge is 0.480 e. The van der Waals surface area contributed by atoms with Crippen molar-refractivity contribution < 1.29 is 19.4 Å². The maximum absolute atomic E-state index is 11.8. The zero-order valence-corrected chi connectivity index (χ0v) is 10.8. The number of rotatable bonds is 6. The highest BCUT2D eigenvalue weighted by molar-refractivity contribution is 5.87. The summed E-state index contributed by atoms with van der Waals surface area (Å²) in [4.78, 5) is 23.1. The first kappa shape index (κ1) is 13.3. The van der Waals surface area contributed by atoms with Crippen molar-refractivity contribution >= 4 is 11.9 Å². The molecule has 0 aromatic carbocycles. The summed E-state index contributed by atoms with van der Waals surface area (Å²) in [7, 11) is 0. The van der Waals surface area contributed by atoms with Crippen molar-refractivity contribution in [1.82, 2.24) is 5.32 Å². The number of nitrogens with one attached hydrogen (secondary N) is 1. The van der Waals surface area contributed by atoms with Gasteiger partial charge in [0.15, 0.2) is 0 Å². The Kier molecular flexibility index (Phi) is 3.90. The van der Waals surface area contributed by atoms with E-state index in [4.69, 9.17) is 4.74 Å². The van der Waals surface area contributed by atoms with Gasteiger partial charge in [-0.15, -0.1) is 0 Å². The second-order valence-corrected chi connectivity index (χ2v) is 5.50. The topological polar surface area (TPSA) is 75.6 Å². The molecule has 2 unspecified atom stereocenters. The molecular weight excluding hydrogens is 234 g/mol. The van der Waals surface area contributed by atoms with Crippen LogP contribution in [0.25, 0.3) is 0 Å². The zero-order valence-electron chi connectivity index (χ0n) is 10.8. The molecule has 0 radical (unpaired) electrons. The fourth-order valence-electron chi connectivity index (χ4n) is 2.51. The Labute approximate surface area is 107 Å². The Morgan fingerprint density at radius 3 is 2.61 bits per heavy atom. The molecule has 102 valence electrons. The van der Waals surface area contributed by atoms with Crippen LogP contribution in [-0.4, -0.2) is 35.2 Å². The molecule has 1 amide bonds. The second kappa shape index (κ2) is 5.26. The first-order valence-corrected chi connectivity index (χ1v) is 6.68. The lowest BCUT2D eigenvalue weighted by molar-refractivity contribution is -0.148. The minimum Gasteiger partial charge on any atom is -0.480 e. The summed E-state index contributed by atoms with van der Waals surface area (Å²) in [5, 5.41) is 11.9. The molecule has 18 heavy (non-hydrogen) atoms. The molecule has 2 N–H and O–H groups in total. The van der Waals surface area contributed by atoms with Gasteiger partial charge >= 0.3 is 5.97 Å². The molecule has 0 bridgehead atoms. The lowest BCUT2D eigenvalue weighted by atomic mass is 9.95. The number of carbonyl (C=O) groups excluding carboxylic acids is 1. The van der Waals surface area contributed by atoms with E-state index in [1.807, 2.05) is 0 Å². The molecule has 2 fully saturated rings. The molecular formula is C13H21NO4. The van der Waals surface area contributed by atoms with Gasteiger partial charge in [0.2, 0.25) is 5.91 Å². The highest BCUT2D eigenvalue weighted by Crippen LogP contribution is 2.39. The van der Waals surface area contributed by atoms with Crippen molar-refractivity contribution in [2.24, 2.45) is 5.92 Å². The lowest BCUT2D eigenvalue weighted by Gasteiger charge is -2.26. The number of hydrogen-bond acceptors (Lipinski definition) is 3. The van der Waals surface area contributed by atoms with Crippen molar-refractivity contribution in [3.8, 4) is 0 Å². The van der Waals surface area contributed by atoms with Crippen molar-refractivity contribution in [3.05, 3.63) is 0 Å². The smallest absolute Gasteiger partial charge is 0.329 e. The fraction of sp³-hybridized carbons (Fsp3) is 0.846. The van der Waals surface area contributed by atoms with Crippen LogP contribution >= 0.6 is 0 Å². The van der Waals surface area contributed by atoms with Gasteiger partial charge in [-0.1, -0.05) is 0 Å². The van der Waals surface area contributed by atoms with Gasteiger partial charge in [0, 0.05) is 13.0 Å². The monoisotopic (exact) mass is 255 g/mol. The van der Waals surface area contributed by atoms with Crippen LogP contribution in [0.2, 0.25) is 0 Å². The van der Waals surface area contributed by atoms with Gasteiger partial charge in [0.1, 0.15) is 5.54 Å². The molecule has 2 rings (SSSR count). The molecule has 1 saturated carbocycles. The van der Waals surface area contributed by atoms with E-state index >= 15 is 0 Å². The Balaban J connectivity index is 1.79. The van der Waals surface area contributed by atoms with Crippen LogP contribution < -0.4 is 5.32 Å². The van der Waals surface area contributed by atoms with E-state index in [9.17, 15) is 14.7 Å². The summed E-state index contributed by atoms with van der Waals surface area (Å²) in [6.45, 7) is 2.39. The first-order chi connectivity index (χ1) is 8.52. The Morgan fingerprint density at radius 2 is 2.11 bits per heavy atom. The van der Waals surface area contributed by atoms with Crippen LogP contribution in [0.1, 0.15) is 45.4 Å². The number of amides is 1. The highest BCUT2D eigenvalue weighted by Gasteiger charge is 2.48. The Hall–Kier alpha value is -1.10. The number of carboxylic acids is 1. The molecule has 0 aromatic rings. The van der Waals surface area contributed by atoms with Crippen LogP contribution in [0, 0.1) is 5.92 Å². The number of aliphatic carboxylic acids is 1. The van der Waals surface area contributed by atoms with E-state index in [0.29, 0.717) is 12.8 Å². The summed E-state index contributed by atoms with van der Waals surface area (Å²) in [6.07, 6.45) is 5.04. The molecule has 1 heterocycles. The highest BCUT2D eigenvalue weighted by atomic mass is 16.5. The number of ether oxygens (including phenoxy) is 1. The quantitative estimate of drug-likeness (QED) is 0.750. The number of carboxylic acid groups (broad SMARTS) is 1. The van der Waals surface area contributed by atoms with Crippen LogP contribution in [0.15, 0.2) is 0 Å².